The summed E-state index contributed by atoms with van der Waals surface area (Å²) in [5.41, 5.74) is 7.75. The Morgan fingerprint density at radius 2 is 1.79 bits per heavy atom. The van der Waals surface area contributed by atoms with Crippen molar-refractivity contribution in [2.75, 3.05) is 18.8 Å². The fraction of sp³-hybridized carbons (Fsp3) is 0.263. The van der Waals surface area contributed by atoms with Gasteiger partial charge in [0.15, 0.2) is 9.84 Å². The highest BCUT2D eigenvalue weighted by atomic mass is 35.5. The van der Waals surface area contributed by atoms with Crippen LogP contribution in [0, 0.1) is 0 Å². The number of sulfone groups is 1. The van der Waals surface area contributed by atoms with Crippen molar-refractivity contribution in [1.82, 2.24) is 10.6 Å². The fourth-order valence-corrected chi connectivity index (χ4v) is 4.25. The van der Waals surface area contributed by atoms with Gasteiger partial charge in [0.05, 0.1) is 4.90 Å². The second kappa shape index (κ2) is 9.18. The lowest BCUT2D eigenvalue weighted by atomic mass is 9.94. The number of fused-ring (bicyclic) bond motifs is 1. The van der Waals surface area contributed by atoms with Crippen LogP contribution in [0.2, 0.25) is 0 Å². The first-order valence-corrected chi connectivity index (χ1v) is 10.2. The van der Waals surface area contributed by atoms with Gasteiger partial charge < -0.3 is 16.4 Å². The monoisotopic (exact) mass is 423 g/mol. The lowest BCUT2D eigenvalue weighted by Crippen LogP contribution is -2.38. The Balaban J connectivity index is 0.00000280. The Kier molecular flexibility index (Phi) is 7.17. The van der Waals surface area contributed by atoms with Gasteiger partial charge in [0.25, 0.3) is 5.91 Å². The largest absolute Gasteiger partial charge is 0.369 e. The second-order valence-corrected chi connectivity index (χ2v) is 8.40. The minimum atomic E-state index is -3.78. The Morgan fingerprint density at radius 3 is 2.46 bits per heavy atom. The molecular formula is C19H22ClN3O4S. The Bertz CT molecular complexity index is 961. The number of hydrogen-bond acceptors (Lipinski definition) is 5. The van der Waals surface area contributed by atoms with Crippen molar-refractivity contribution in [3.63, 3.8) is 0 Å². The lowest BCUT2D eigenvalue weighted by Gasteiger charge is -2.27. The molecule has 1 aliphatic heterocycles. The summed E-state index contributed by atoms with van der Waals surface area (Å²) in [5, 5.41) is 6.27. The van der Waals surface area contributed by atoms with Gasteiger partial charge in [0, 0.05) is 18.2 Å². The molecule has 28 heavy (non-hydrogen) atoms. The normalized spacial score (nSPS) is 15.8. The van der Waals surface area contributed by atoms with E-state index in [0.29, 0.717) is 12.1 Å². The van der Waals surface area contributed by atoms with Crippen LogP contribution in [0.3, 0.4) is 0 Å². The molecule has 0 fully saturated rings. The minimum absolute atomic E-state index is 0. The molecule has 0 bridgehead atoms. The van der Waals surface area contributed by atoms with Gasteiger partial charge >= 0.3 is 0 Å². The summed E-state index contributed by atoms with van der Waals surface area (Å²) in [6.45, 7) is 1.28. The van der Waals surface area contributed by atoms with E-state index < -0.39 is 21.5 Å². The number of benzene rings is 2. The first-order chi connectivity index (χ1) is 12.9. The van der Waals surface area contributed by atoms with Crippen molar-refractivity contribution in [1.29, 1.82) is 0 Å². The maximum Gasteiger partial charge on any atom is 0.251 e. The molecule has 0 spiro atoms. The molecule has 1 unspecified atom stereocenters. The van der Waals surface area contributed by atoms with E-state index >= 15 is 0 Å². The Hall–Kier alpha value is -2.42. The highest BCUT2D eigenvalue weighted by Crippen LogP contribution is 2.22. The maximum absolute atomic E-state index is 12.4. The third-order valence-corrected chi connectivity index (χ3v) is 6.15. The average Bonchev–Trinajstić information content (AvgIpc) is 2.65. The van der Waals surface area contributed by atoms with Gasteiger partial charge in [0.2, 0.25) is 5.91 Å². The van der Waals surface area contributed by atoms with Gasteiger partial charge in [-0.2, -0.15) is 0 Å². The molecule has 7 nitrogen and oxygen atoms in total. The van der Waals surface area contributed by atoms with Gasteiger partial charge in [0.1, 0.15) is 5.75 Å². The van der Waals surface area contributed by atoms with E-state index in [1.807, 2.05) is 12.1 Å². The van der Waals surface area contributed by atoms with Crippen molar-refractivity contribution >= 4 is 34.1 Å². The highest BCUT2D eigenvalue weighted by molar-refractivity contribution is 7.92. The molecular weight excluding hydrogens is 402 g/mol. The first kappa shape index (κ1) is 21.9. The summed E-state index contributed by atoms with van der Waals surface area (Å²) in [4.78, 5) is 23.2. The number of primary amides is 1. The molecule has 2 aromatic rings. The zero-order valence-electron chi connectivity index (χ0n) is 15.1. The van der Waals surface area contributed by atoms with Crippen molar-refractivity contribution < 1.29 is 18.0 Å². The van der Waals surface area contributed by atoms with E-state index in [4.69, 9.17) is 5.73 Å². The number of amides is 2. The maximum atomic E-state index is 12.4. The van der Waals surface area contributed by atoms with Gasteiger partial charge in [-0.05, 0) is 48.4 Å². The van der Waals surface area contributed by atoms with Crippen LogP contribution in [0.5, 0.6) is 0 Å². The van der Waals surface area contributed by atoms with Gasteiger partial charge in [-0.1, -0.05) is 24.3 Å². The third-order valence-electron chi connectivity index (χ3n) is 4.49. The minimum Gasteiger partial charge on any atom is -0.369 e. The zero-order chi connectivity index (χ0) is 19.4. The first-order valence-electron chi connectivity index (χ1n) is 8.57. The molecule has 9 heteroatoms. The molecule has 0 radical (unpaired) electrons. The lowest BCUT2D eigenvalue weighted by molar-refractivity contribution is -0.115. The standard InChI is InChI=1S/C19H21N3O4S.ClH/c20-18(23)12-27(25,26)15-7-5-14(6-8-15)19(24)22-11-17-16-4-2-1-3-13(16)9-10-21-17;/h1-8,17,21H,9-12H2,(H2,20,23)(H,22,24);1H. The summed E-state index contributed by atoms with van der Waals surface area (Å²) >= 11 is 0. The number of nitrogens with two attached hydrogens (primary N) is 1. The van der Waals surface area contributed by atoms with E-state index in [2.05, 4.69) is 22.8 Å². The summed E-state index contributed by atoms with van der Waals surface area (Å²) < 4.78 is 23.9. The quantitative estimate of drug-likeness (QED) is 0.640. The predicted molar refractivity (Wildman–Crippen MR) is 108 cm³/mol. The van der Waals surface area contributed by atoms with Crippen molar-refractivity contribution in [3.05, 3.63) is 65.2 Å². The average molecular weight is 424 g/mol. The zero-order valence-corrected chi connectivity index (χ0v) is 16.7. The molecule has 1 atom stereocenters. The van der Waals surface area contributed by atoms with Gasteiger partial charge in [-0.3, -0.25) is 9.59 Å². The van der Waals surface area contributed by atoms with Crippen molar-refractivity contribution in [2.45, 2.75) is 17.4 Å². The molecule has 150 valence electrons. The van der Waals surface area contributed by atoms with E-state index in [-0.39, 0.29) is 29.3 Å². The molecule has 1 aliphatic rings. The van der Waals surface area contributed by atoms with Crippen LogP contribution < -0.4 is 16.4 Å². The van der Waals surface area contributed by atoms with Crippen LogP contribution >= 0.6 is 12.4 Å². The number of carbonyl (C=O) groups excluding carboxylic acids is 2. The van der Waals surface area contributed by atoms with Crippen molar-refractivity contribution in [2.24, 2.45) is 5.73 Å². The summed E-state index contributed by atoms with van der Waals surface area (Å²) in [6.07, 6.45) is 0.960. The summed E-state index contributed by atoms with van der Waals surface area (Å²) in [7, 11) is -3.78. The second-order valence-electron chi connectivity index (χ2n) is 6.42. The van der Waals surface area contributed by atoms with E-state index in [1.54, 1.807) is 0 Å². The van der Waals surface area contributed by atoms with E-state index in [1.165, 1.54) is 35.4 Å². The predicted octanol–water partition coefficient (Wildman–Crippen LogP) is 0.984. The molecule has 1 heterocycles. The SMILES string of the molecule is Cl.NC(=O)CS(=O)(=O)c1ccc(C(=O)NCC2NCCc3ccccc32)cc1. The van der Waals surface area contributed by atoms with Crippen LogP contribution in [0.4, 0.5) is 0 Å². The molecule has 2 amide bonds. The van der Waals surface area contributed by atoms with Crippen molar-refractivity contribution in [3.8, 4) is 0 Å². The Labute approximate surface area is 170 Å². The van der Waals surface area contributed by atoms with Crippen LogP contribution in [0.1, 0.15) is 27.5 Å². The van der Waals surface area contributed by atoms with Crippen LogP contribution in [-0.4, -0.2) is 39.1 Å². The number of hydrogen-bond donors (Lipinski definition) is 3. The van der Waals surface area contributed by atoms with Crippen LogP contribution in [0.25, 0.3) is 0 Å². The van der Waals surface area contributed by atoms with Crippen LogP contribution in [-0.2, 0) is 21.1 Å². The van der Waals surface area contributed by atoms with Gasteiger partial charge in [-0.15, -0.1) is 12.4 Å². The van der Waals surface area contributed by atoms with E-state index in [0.717, 1.165) is 13.0 Å². The summed E-state index contributed by atoms with van der Waals surface area (Å²) in [6, 6.07) is 13.6. The van der Waals surface area contributed by atoms with E-state index in [9.17, 15) is 18.0 Å². The highest BCUT2D eigenvalue weighted by Gasteiger charge is 2.21. The molecule has 3 rings (SSSR count). The molecule has 4 N–H and O–H groups in total. The summed E-state index contributed by atoms with van der Waals surface area (Å²) in [5.74, 6) is -1.97. The van der Waals surface area contributed by atoms with Crippen LogP contribution in [0.15, 0.2) is 53.4 Å². The molecule has 0 saturated carbocycles. The molecule has 2 aromatic carbocycles. The number of halogens is 1. The van der Waals surface area contributed by atoms with Gasteiger partial charge in [-0.25, -0.2) is 8.42 Å². The molecule has 0 aliphatic carbocycles. The molecule has 0 saturated heterocycles. The third kappa shape index (κ3) is 5.09. The number of rotatable bonds is 6. The number of nitrogens with one attached hydrogen (secondary N) is 2. The topological polar surface area (TPSA) is 118 Å². The molecule has 0 aromatic heterocycles. The Morgan fingerprint density at radius 1 is 1.11 bits per heavy atom. The fourth-order valence-electron chi connectivity index (χ4n) is 3.16. The number of carbonyl (C=O) groups is 2. The smallest absolute Gasteiger partial charge is 0.251 e.